The van der Waals surface area contributed by atoms with Crippen molar-refractivity contribution in [2.75, 3.05) is 11.1 Å². The van der Waals surface area contributed by atoms with Crippen molar-refractivity contribution < 1.29 is 8.78 Å². The number of anilines is 2. The van der Waals surface area contributed by atoms with E-state index in [1.165, 1.54) is 6.42 Å². The van der Waals surface area contributed by atoms with Gasteiger partial charge in [-0.15, -0.1) is 0 Å². The number of nitrogens with two attached hydrogens (primary N) is 1. The Hall–Kier alpha value is -1.39. The van der Waals surface area contributed by atoms with Gasteiger partial charge in [-0.05, 0) is 12.8 Å². The van der Waals surface area contributed by atoms with Crippen LogP contribution in [0.25, 0.3) is 0 Å². The zero-order chi connectivity index (χ0) is 11.5. The highest BCUT2D eigenvalue weighted by atomic mass is 19.1. The van der Waals surface area contributed by atoms with Crippen molar-refractivity contribution in [3.63, 3.8) is 0 Å². The van der Waals surface area contributed by atoms with E-state index in [0.29, 0.717) is 0 Å². The van der Waals surface area contributed by atoms with Gasteiger partial charge in [0, 0.05) is 12.1 Å². The lowest BCUT2D eigenvalue weighted by Gasteiger charge is -2.23. The third kappa shape index (κ3) is 2.40. The number of hydrogen-bond donors (Lipinski definition) is 2. The maximum atomic E-state index is 13.4. The van der Waals surface area contributed by atoms with Gasteiger partial charge in [0.25, 0.3) is 0 Å². The molecule has 2 rings (SSSR count). The smallest absolute Gasteiger partial charge is 0.168 e. The van der Waals surface area contributed by atoms with Gasteiger partial charge in [0.2, 0.25) is 0 Å². The number of hydrogen-bond acceptors (Lipinski definition) is 3. The third-order valence-corrected chi connectivity index (χ3v) is 2.90. The molecule has 0 atom stereocenters. The summed E-state index contributed by atoms with van der Waals surface area (Å²) in [5, 5.41) is 2.98. The Labute approximate surface area is 93.1 Å². The molecule has 1 heterocycles. The fourth-order valence-corrected chi connectivity index (χ4v) is 2.02. The van der Waals surface area contributed by atoms with E-state index in [9.17, 15) is 8.78 Å². The summed E-state index contributed by atoms with van der Waals surface area (Å²) in [5.74, 6) is -1.70. The van der Waals surface area contributed by atoms with Crippen molar-refractivity contribution in [3.05, 3.63) is 17.7 Å². The van der Waals surface area contributed by atoms with Crippen molar-refractivity contribution in [3.8, 4) is 0 Å². The molecule has 1 saturated carbocycles. The highest BCUT2D eigenvalue weighted by Crippen LogP contribution is 2.23. The highest BCUT2D eigenvalue weighted by molar-refractivity contribution is 5.45. The molecule has 0 saturated heterocycles. The molecule has 1 aromatic heterocycles. The first-order valence-corrected chi connectivity index (χ1v) is 5.55. The third-order valence-electron chi connectivity index (χ3n) is 2.90. The largest absolute Gasteiger partial charge is 0.381 e. The molecule has 0 amide bonds. The molecular formula is C11H15F2N3. The quantitative estimate of drug-likeness (QED) is 0.816. The van der Waals surface area contributed by atoms with E-state index < -0.39 is 11.6 Å². The van der Waals surface area contributed by atoms with Gasteiger partial charge in [0.1, 0.15) is 0 Å². The Bertz CT molecular complexity index is 376. The van der Waals surface area contributed by atoms with Crippen molar-refractivity contribution >= 4 is 11.6 Å². The van der Waals surface area contributed by atoms with E-state index in [2.05, 4.69) is 10.3 Å². The summed E-state index contributed by atoms with van der Waals surface area (Å²) in [6.07, 6.45) is 5.49. The number of nitrogens with zero attached hydrogens (tertiary/aromatic N) is 1. The topological polar surface area (TPSA) is 50.9 Å². The molecule has 0 radical (unpaired) electrons. The monoisotopic (exact) mass is 227 g/mol. The SMILES string of the molecule is Nc1nc(NC2CCCCC2)c(F)cc1F. The second-order valence-corrected chi connectivity index (χ2v) is 4.17. The molecule has 0 unspecified atom stereocenters. The Morgan fingerprint density at radius 1 is 1.19 bits per heavy atom. The molecule has 0 spiro atoms. The molecule has 1 fully saturated rings. The van der Waals surface area contributed by atoms with Crippen LogP contribution in [0.2, 0.25) is 0 Å². The minimum Gasteiger partial charge on any atom is -0.381 e. The van der Waals surface area contributed by atoms with Crippen molar-refractivity contribution in [2.24, 2.45) is 0 Å². The molecule has 1 aliphatic carbocycles. The van der Waals surface area contributed by atoms with Crippen LogP contribution in [0.1, 0.15) is 32.1 Å². The van der Waals surface area contributed by atoms with Gasteiger partial charge in [-0.25, -0.2) is 13.8 Å². The molecule has 1 aromatic rings. The van der Waals surface area contributed by atoms with Crippen LogP contribution >= 0.6 is 0 Å². The van der Waals surface area contributed by atoms with Crippen molar-refractivity contribution in [1.29, 1.82) is 0 Å². The van der Waals surface area contributed by atoms with Crippen LogP contribution in [0.5, 0.6) is 0 Å². The van der Waals surface area contributed by atoms with Crippen LogP contribution in [-0.4, -0.2) is 11.0 Å². The second-order valence-electron chi connectivity index (χ2n) is 4.17. The van der Waals surface area contributed by atoms with E-state index in [-0.39, 0.29) is 17.7 Å². The van der Waals surface area contributed by atoms with E-state index in [0.717, 1.165) is 31.7 Å². The van der Waals surface area contributed by atoms with Crippen molar-refractivity contribution in [2.45, 2.75) is 38.1 Å². The first kappa shape index (κ1) is 11.1. The van der Waals surface area contributed by atoms with E-state index in [1.807, 2.05) is 0 Å². The average molecular weight is 227 g/mol. The van der Waals surface area contributed by atoms with Crippen LogP contribution in [0, 0.1) is 11.6 Å². The lowest BCUT2D eigenvalue weighted by Crippen LogP contribution is -2.23. The molecule has 16 heavy (non-hydrogen) atoms. The summed E-state index contributed by atoms with van der Waals surface area (Å²) in [5.41, 5.74) is 5.30. The number of nitrogens with one attached hydrogen (secondary N) is 1. The number of aromatic nitrogens is 1. The predicted molar refractivity (Wildman–Crippen MR) is 59.1 cm³/mol. The van der Waals surface area contributed by atoms with E-state index >= 15 is 0 Å². The number of rotatable bonds is 2. The number of nitrogen functional groups attached to an aromatic ring is 1. The summed E-state index contributed by atoms with van der Waals surface area (Å²) in [7, 11) is 0. The highest BCUT2D eigenvalue weighted by Gasteiger charge is 2.16. The standard InChI is InChI=1S/C11H15F2N3/c12-8-6-9(13)11(16-10(8)14)15-7-4-2-1-3-5-7/h6-7H,1-5H2,(H3,14,15,16). The zero-order valence-electron chi connectivity index (χ0n) is 8.97. The second kappa shape index (κ2) is 4.63. The summed E-state index contributed by atoms with van der Waals surface area (Å²) in [4.78, 5) is 3.68. The van der Waals surface area contributed by atoms with Crippen LogP contribution in [0.4, 0.5) is 20.4 Å². The van der Waals surface area contributed by atoms with Gasteiger partial charge in [-0.3, -0.25) is 0 Å². The van der Waals surface area contributed by atoms with Crippen LogP contribution < -0.4 is 11.1 Å². The molecular weight excluding hydrogens is 212 g/mol. The maximum Gasteiger partial charge on any atom is 0.168 e. The Balaban J connectivity index is 2.11. The Kier molecular flexibility index (Phi) is 3.22. The average Bonchev–Trinajstić information content (AvgIpc) is 2.27. The van der Waals surface area contributed by atoms with Crippen LogP contribution in [0.15, 0.2) is 6.07 Å². The van der Waals surface area contributed by atoms with Crippen LogP contribution in [-0.2, 0) is 0 Å². The van der Waals surface area contributed by atoms with Gasteiger partial charge in [0.15, 0.2) is 23.3 Å². The van der Waals surface area contributed by atoms with Gasteiger partial charge >= 0.3 is 0 Å². The molecule has 3 nitrogen and oxygen atoms in total. The van der Waals surface area contributed by atoms with E-state index in [4.69, 9.17) is 5.73 Å². The molecule has 3 N–H and O–H groups in total. The summed E-state index contributed by atoms with van der Waals surface area (Å²) in [6.45, 7) is 0. The molecule has 0 aliphatic heterocycles. The van der Waals surface area contributed by atoms with Gasteiger partial charge in [-0.1, -0.05) is 19.3 Å². The molecule has 88 valence electrons. The lowest BCUT2D eigenvalue weighted by atomic mass is 9.95. The fraction of sp³-hybridized carbons (Fsp3) is 0.545. The maximum absolute atomic E-state index is 13.4. The predicted octanol–water partition coefficient (Wildman–Crippen LogP) is 2.69. The number of halogens is 2. The lowest BCUT2D eigenvalue weighted by molar-refractivity contribution is 0.459. The molecule has 5 heteroatoms. The summed E-state index contributed by atoms with van der Waals surface area (Å²) in [6, 6.07) is 0.994. The number of pyridine rings is 1. The normalized spacial score (nSPS) is 17.4. The van der Waals surface area contributed by atoms with E-state index in [1.54, 1.807) is 0 Å². The first-order chi connectivity index (χ1) is 7.66. The fourth-order valence-electron chi connectivity index (χ4n) is 2.02. The van der Waals surface area contributed by atoms with Gasteiger partial charge in [0.05, 0.1) is 0 Å². The molecule has 0 bridgehead atoms. The van der Waals surface area contributed by atoms with Crippen LogP contribution in [0.3, 0.4) is 0 Å². The first-order valence-electron chi connectivity index (χ1n) is 5.55. The minimum atomic E-state index is -0.813. The van der Waals surface area contributed by atoms with Gasteiger partial charge in [-0.2, -0.15) is 0 Å². The Morgan fingerprint density at radius 2 is 1.88 bits per heavy atom. The van der Waals surface area contributed by atoms with Gasteiger partial charge < -0.3 is 11.1 Å². The molecule has 0 aromatic carbocycles. The Morgan fingerprint density at radius 3 is 2.56 bits per heavy atom. The summed E-state index contributed by atoms with van der Waals surface area (Å²) < 4.78 is 26.2. The van der Waals surface area contributed by atoms with Crippen molar-refractivity contribution in [1.82, 2.24) is 4.98 Å². The molecule has 1 aliphatic rings. The zero-order valence-corrected chi connectivity index (χ0v) is 8.97. The minimum absolute atomic E-state index is 0.0609. The summed E-state index contributed by atoms with van der Waals surface area (Å²) >= 11 is 0.